The molecule has 8 heteroatoms. The fourth-order valence-corrected chi connectivity index (χ4v) is 3.53. The number of carbonyl (C=O) groups excluding carboxylic acids is 4. The maximum atomic E-state index is 11.4. The lowest BCUT2D eigenvalue weighted by atomic mass is 10.1. The van der Waals surface area contributed by atoms with Crippen LogP contribution in [0.1, 0.15) is 115 Å². The van der Waals surface area contributed by atoms with Crippen molar-refractivity contribution in [1.82, 2.24) is 14.7 Å². The van der Waals surface area contributed by atoms with Crippen molar-refractivity contribution in [2.45, 2.75) is 115 Å². The van der Waals surface area contributed by atoms with Crippen LogP contribution in [0.5, 0.6) is 0 Å². The molecular formula is C32H67N3O5. The molecule has 240 valence electrons. The second-order valence-electron chi connectivity index (χ2n) is 10.8. The summed E-state index contributed by atoms with van der Waals surface area (Å²) in [6, 6.07) is 0. The molecule has 0 aromatic heterocycles. The average Bonchev–Trinajstić information content (AvgIpc) is 3.49. The molecule has 2 aliphatic rings. The Kier molecular flexibility index (Phi) is 31.9. The Labute approximate surface area is 248 Å². The van der Waals surface area contributed by atoms with Crippen LogP contribution in [-0.2, 0) is 23.9 Å². The molecule has 0 spiro atoms. The summed E-state index contributed by atoms with van der Waals surface area (Å²) in [4.78, 5) is 49.3. The van der Waals surface area contributed by atoms with Crippen LogP contribution in [0.15, 0.2) is 0 Å². The molecule has 8 nitrogen and oxygen atoms in total. The third-order valence-corrected chi connectivity index (χ3v) is 5.68. The molecule has 2 rings (SSSR count). The molecule has 0 unspecified atom stereocenters. The molecular weight excluding hydrogens is 506 g/mol. The van der Waals surface area contributed by atoms with E-state index in [9.17, 15) is 19.2 Å². The van der Waals surface area contributed by atoms with E-state index < -0.39 is 0 Å². The summed E-state index contributed by atoms with van der Waals surface area (Å²) in [7, 11) is 4.92. The molecule has 2 heterocycles. The number of ether oxygens (including phenoxy) is 1. The molecule has 2 aliphatic heterocycles. The summed E-state index contributed by atoms with van der Waals surface area (Å²) < 4.78 is 4.37. The van der Waals surface area contributed by atoms with E-state index in [2.05, 4.69) is 4.74 Å². The highest BCUT2D eigenvalue weighted by Gasteiger charge is 2.20. The summed E-state index contributed by atoms with van der Waals surface area (Å²) in [5, 5.41) is 0. The van der Waals surface area contributed by atoms with Gasteiger partial charge in [-0.2, -0.15) is 0 Å². The minimum Gasteiger partial charge on any atom is -0.469 e. The van der Waals surface area contributed by atoms with Gasteiger partial charge in [-0.25, -0.2) is 0 Å². The van der Waals surface area contributed by atoms with Crippen molar-refractivity contribution < 1.29 is 23.9 Å². The van der Waals surface area contributed by atoms with Crippen LogP contribution in [0.4, 0.5) is 0 Å². The van der Waals surface area contributed by atoms with Gasteiger partial charge < -0.3 is 19.4 Å². The second-order valence-corrected chi connectivity index (χ2v) is 10.8. The van der Waals surface area contributed by atoms with E-state index in [1.807, 2.05) is 79.0 Å². The maximum absolute atomic E-state index is 11.4. The number of amides is 3. The van der Waals surface area contributed by atoms with Crippen LogP contribution in [0.25, 0.3) is 0 Å². The van der Waals surface area contributed by atoms with Crippen molar-refractivity contribution in [3.05, 3.63) is 0 Å². The number of hydrogen-bond donors (Lipinski definition) is 0. The molecule has 0 aromatic carbocycles. The fraction of sp³-hybridized carbons (Fsp3) is 0.875. The van der Waals surface area contributed by atoms with Crippen LogP contribution < -0.4 is 0 Å². The average molecular weight is 574 g/mol. The second kappa shape index (κ2) is 28.4. The Hall–Kier alpha value is -2.12. The van der Waals surface area contributed by atoms with Gasteiger partial charge in [-0.15, -0.1) is 0 Å². The zero-order valence-electron chi connectivity index (χ0n) is 29.1. The van der Waals surface area contributed by atoms with E-state index in [-0.39, 0.29) is 35.5 Å². The van der Waals surface area contributed by atoms with E-state index in [1.54, 1.807) is 32.8 Å². The Bertz CT molecular complexity index is 624. The number of nitrogens with zero attached hydrogens (tertiary/aromatic N) is 3. The normalized spacial score (nSPS) is 13.7. The van der Waals surface area contributed by atoms with Crippen LogP contribution in [0.3, 0.4) is 0 Å². The maximum Gasteiger partial charge on any atom is 0.308 e. The molecule has 0 aliphatic carbocycles. The number of esters is 1. The lowest BCUT2D eigenvalue weighted by Crippen LogP contribution is -2.38. The van der Waals surface area contributed by atoms with Gasteiger partial charge >= 0.3 is 5.97 Å². The van der Waals surface area contributed by atoms with E-state index in [4.69, 9.17) is 0 Å². The zero-order valence-corrected chi connectivity index (χ0v) is 29.1. The molecule has 0 bridgehead atoms. The van der Waals surface area contributed by atoms with Crippen LogP contribution in [0, 0.1) is 23.7 Å². The number of likely N-dealkylation sites (tertiary alicyclic amines) is 2. The van der Waals surface area contributed by atoms with E-state index >= 15 is 0 Å². The minimum absolute atomic E-state index is 0.00463. The number of rotatable bonds is 4. The number of hydrogen-bond acceptors (Lipinski definition) is 5. The van der Waals surface area contributed by atoms with Crippen molar-refractivity contribution in [2.75, 3.05) is 47.4 Å². The van der Waals surface area contributed by atoms with Crippen molar-refractivity contribution in [1.29, 1.82) is 0 Å². The summed E-state index contributed by atoms with van der Waals surface area (Å²) in [6.07, 6.45) is 6.07. The molecule has 0 aromatic rings. The summed E-state index contributed by atoms with van der Waals surface area (Å²) in [6.45, 7) is 27.2. The first-order valence-corrected chi connectivity index (χ1v) is 15.5. The van der Waals surface area contributed by atoms with Crippen molar-refractivity contribution in [3.63, 3.8) is 0 Å². The number of carbonyl (C=O) groups is 4. The molecule has 2 saturated heterocycles. The first kappa shape index (κ1) is 44.9. The highest BCUT2D eigenvalue weighted by atomic mass is 16.5. The summed E-state index contributed by atoms with van der Waals surface area (Å²) in [5.41, 5.74) is 0. The molecule has 0 saturated carbocycles. The number of piperidine rings is 1. The molecule has 3 amide bonds. The van der Waals surface area contributed by atoms with Crippen LogP contribution >= 0.6 is 0 Å². The number of methoxy groups -OCH3 is 1. The van der Waals surface area contributed by atoms with Gasteiger partial charge in [0.15, 0.2) is 0 Å². The van der Waals surface area contributed by atoms with Crippen LogP contribution in [0.2, 0.25) is 0 Å². The minimum atomic E-state index is -0.153. The van der Waals surface area contributed by atoms with Gasteiger partial charge in [0.25, 0.3) is 0 Å². The topological polar surface area (TPSA) is 87.2 Å². The zero-order chi connectivity index (χ0) is 32.4. The summed E-state index contributed by atoms with van der Waals surface area (Å²) >= 11 is 0. The van der Waals surface area contributed by atoms with E-state index in [0.717, 1.165) is 26.2 Å². The molecule has 2 fully saturated rings. The Morgan fingerprint density at radius 3 is 1.00 bits per heavy atom. The third-order valence-electron chi connectivity index (χ3n) is 5.68. The largest absolute Gasteiger partial charge is 0.469 e. The monoisotopic (exact) mass is 574 g/mol. The highest BCUT2D eigenvalue weighted by molar-refractivity contribution is 5.78. The van der Waals surface area contributed by atoms with Crippen LogP contribution in [-0.4, -0.2) is 85.8 Å². The predicted octanol–water partition coefficient (Wildman–Crippen LogP) is 6.52. The van der Waals surface area contributed by atoms with E-state index in [0.29, 0.717) is 11.8 Å². The molecule has 0 atom stereocenters. The smallest absolute Gasteiger partial charge is 0.308 e. The lowest BCUT2D eigenvalue weighted by Gasteiger charge is -2.28. The van der Waals surface area contributed by atoms with Gasteiger partial charge in [0.2, 0.25) is 17.7 Å². The Morgan fingerprint density at radius 1 is 0.550 bits per heavy atom. The summed E-state index contributed by atoms with van der Waals surface area (Å²) in [5.74, 6) is 1.16. The molecule has 40 heavy (non-hydrogen) atoms. The van der Waals surface area contributed by atoms with Crippen molar-refractivity contribution >= 4 is 23.7 Å². The molecule has 0 N–H and O–H groups in total. The SMILES string of the molecule is CC.CC.CC(C)C(=O)N(C)C.CC(C)C(=O)N1CCCC1.CC(C)C(=O)N1CCCCC1.COC(=O)C(C)C. The van der Waals surface area contributed by atoms with Crippen molar-refractivity contribution in [2.24, 2.45) is 23.7 Å². The lowest BCUT2D eigenvalue weighted by molar-refractivity contribution is -0.144. The van der Waals surface area contributed by atoms with Gasteiger partial charge in [0.1, 0.15) is 0 Å². The first-order valence-electron chi connectivity index (χ1n) is 15.5. The third kappa shape index (κ3) is 23.7. The Balaban J connectivity index is -0.000000210. The quantitative estimate of drug-likeness (QED) is 0.358. The highest BCUT2D eigenvalue weighted by Crippen LogP contribution is 2.12. The fourth-order valence-electron chi connectivity index (χ4n) is 3.53. The van der Waals surface area contributed by atoms with Gasteiger partial charge in [-0.3, -0.25) is 19.2 Å². The molecule has 0 radical (unpaired) electrons. The van der Waals surface area contributed by atoms with Gasteiger partial charge in [0.05, 0.1) is 13.0 Å². The standard InChI is InChI=1S/C9H17NO.C8H15NO.C6H13NO.C5H10O2.2C2H6/c1-8(2)9(11)10-6-4-3-5-7-10;1-7(2)8(10)9-5-3-4-6-9;1-5(2)6(8)7(3)4;1-4(2)5(6)7-3;2*1-2/h8H,3-7H2,1-2H3;7H,3-6H2,1-2H3;5H,1-4H3;4H,1-3H3;2*1-2H3. The van der Waals surface area contributed by atoms with Crippen molar-refractivity contribution in [3.8, 4) is 0 Å². The van der Waals surface area contributed by atoms with E-state index in [1.165, 1.54) is 39.2 Å². The predicted molar refractivity (Wildman–Crippen MR) is 169 cm³/mol. The van der Waals surface area contributed by atoms with Gasteiger partial charge in [-0.05, 0) is 32.1 Å². The van der Waals surface area contributed by atoms with Gasteiger partial charge in [-0.1, -0.05) is 83.1 Å². The Morgan fingerprint density at radius 2 is 0.850 bits per heavy atom. The first-order chi connectivity index (χ1) is 18.7. The van der Waals surface area contributed by atoms with Gasteiger partial charge in [0, 0.05) is 58.0 Å².